The summed E-state index contributed by atoms with van der Waals surface area (Å²) in [6, 6.07) is 4.26. The molecule has 0 aliphatic carbocycles. The van der Waals surface area contributed by atoms with Crippen molar-refractivity contribution in [3.8, 4) is 17.0 Å². The fourth-order valence-electron chi connectivity index (χ4n) is 1.59. The predicted octanol–water partition coefficient (Wildman–Crippen LogP) is 1.80. The molecule has 6 nitrogen and oxygen atoms in total. The molecule has 0 amide bonds. The van der Waals surface area contributed by atoms with Gasteiger partial charge in [-0.3, -0.25) is 0 Å². The third-order valence-corrected chi connectivity index (χ3v) is 2.44. The van der Waals surface area contributed by atoms with Gasteiger partial charge in [0.2, 0.25) is 0 Å². The first-order valence-corrected chi connectivity index (χ1v) is 5.59. The van der Waals surface area contributed by atoms with Gasteiger partial charge in [0.1, 0.15) is 5.69 Å². The van der Waals surface area contributed by atoms with E-state index in [0.29, 0.717) is 5.56 Å². The molecule has 0 fully saturated rings. The highest BCUT2D eigenvalue weighted by atomic mass is 19.1. The van der Waals surface area contributed by atoms with Gasteiger partial charge in [-0.15, -0.1) is 5.10 Å². The van der Waals surface area contributed by atoms with Crippen LogP contribution in [0.5, 0.6) is 5.75 Å². The second-order valence-electron chi connectivity index (χ2n) is 3.59. The molecule has 7 heteroatoms. The van der Waals surface area contributed by atoms with Crippen LogP contribution < -0.4 is 4.74 Å². The molecule has 1 heterocycles. The molecule has 0 radical (unpaired) electrons. The number of carbonyl (C=O) groups is 1. The Hall–Kier alpha value is -2.44. The van der Waals surface area contributed by atoms with E-state index in [-0.39, 0.29) is 23.7 Å². The van der Waals surface area contributed by atoms with Gasteiger partial charge in [0.05, 0.1) is 13.7 Å². The van der Waals surface area contributed by atoms with E-state index >= 15 is 0 Å². The van der Waals surface area contributed by atoms with Crippen molar-refractivity contribution in [1.29, 1.82) is 0 Å². The number of H-pyrrole nitrogens is 1. The molecule has 2 rings (SSSR count). The minimum Gasteiger partial charge on any atom is -0.494 e. The van der Waals surface area contributed by atoms with Crippen LogP contribution in [0.15, 0.2) is 18.2 Å². The van der Waals surface area contributed by atoms with Crippen molar-refractivity contribution in [3.05, 3.63) is 29.7 Å². The lowest BCUT2D eigenvalue weighted by molar-refractivity contribution is 0.0520. The normalized spacial score (nSPS) is 10.3. The van der Waals surface area contributed by atoms with Crippen LogP contribution in [0.25, 0.3) is 11.3 Å². The van der Waals surface area contributed by atoms with Gasteiger partial charge in [0, 0.05) is 5.56 Å². The molecule has 0 atom stereocenters. The molecule has 0 unspecified atom stereocenters. The number of aromatic nitrogens is 3. The van der Waals surface area contributed by atoms with E-state index in [0.717, 1.165) is 0 Å². The maximum atomic E-state index is 13.6. The average molecular weight is 265 g/mol. The fourth-order valence-corrected chi connectivity index (χ4v) is 1.59. The number of carbonyl (C=O) groups excluding carboxylic acids is 1. The van der Waals surface area contributed by atoms with E-state index in [1.54, 1.807) is 13.0 Å². The fraction of sp³-hybridized carbons (Fsp3) is 0.250. The molecule has 19 heavy (non-hydrogen) atoms. The molecule has 0 aliphatic rings. The zero-order chi connectivity index (χ0) is 13.8. The number of benzene rings is 1. The summed E-state index contributed by atoms with van der Waals surface area (Å²) in [5, 5.41) is 9.89. The van der Waals surface area contributed by atoms with Crippen LogP contribution in [0.1, 0.15) is 17.4 Å². The van der Waals surface area contributed by atoms with Crippen LogP contribution in [-0.4, -0.2) is 35.1 Å². The van der Waals surface area contributed by atoms with Crippen LogP contribution in [-0.2, 0) is 4.74 Å². The van der Waals surface area contributed by atoms with Gasteiger partial charge in [-0.25, -0.2) is 9.18 Å². The Morgan fingerprint density at radius 1 is 1.42 bits per heavy atom. The number of hydrogen-bond donors (Lipinski definition) is 1. The number of ether oxygens (including phenoxy) is 2. The Kier molecular flexibility index (Phi) is 3.74. The molecule has 0 saturated carbocycles. The van der Waals surface area contributed by atoms with E-state index in [1.165, 1.54) is 19.2 Å². The van der Waals surface area contributed by atoms with E-state index in [1.807, 2.05) is 0 Å². The van der Waals surface area contributed by atoms with Crippen LogP contribution in [0.3, 0.4) is 0 Å². The van der Waals surface area contributed by atoms with Gasteiger partial charge in [-0.1, -0.05) is 0 Å². The van der Waals surface area contributed by atoms with Crippen LogP contribution >= 0.6 is 0 Å². The number of esters is 1. The lowest BCUT2D eigenvalue weighted by Crippen LogP contribution is -2.06. The van der Waals surface area contributed by atoms with E-state index < -0.39 is 11.8 Å². The first-order valence-electron chi connectivity index (χ1n) is 5.59. The smallest absolute Gasteiger partial charge is 0.361 e. The summed E-state index contributed by atoms with van der Waals surface area (Å²) >= 11 is 0. The van der Waals surface area contributed by atoms with E-state index in [9.17, 15) is 9.18 Å². The van der Waals surface area contributed by atoms with Crippen LogP contribution in [0.2, 0.25) is 0 Å². The lowest BCUT2D eigenvalue weighted by atomic mass is 10.1. The number of methoxy groups -OCH3 is 1. The molecule has 2 aromatic rings. The number of hydrogen-bond acceptors (Lipinski definition) is 5. The maximum absolute atomic E-state index is 13.6. The highest BCUT2D eigenvalue weighted by Gasteiger charge is 2.19. The minimum absolute atomic E-state index is 0.0198. The molecule has 0 saturated heterocycles. The summed E-state index contributed by atoms with van der Waals surface area (Å²) in [7, 11) is 1.37. The summed E-state index contributed by atoms with van der Waals surface area (Å²) in [5.41, 5.74) is 0.668. The standard InChI is InChI=1S/C12H12FN3O3/c1-3-19-12(17)11-10(14-16-15-11)7-4-5-9(18-2)8(13)6-7/h4-6H,3H2,1-2H3,(H,14,15,16). The Labute approximate surface area is 108 Å². The topological polar surface area (TPSA) is 77.1 Å². The summed E-state index contributed by atoms with van der Waals surface area (Å²) in [6.07, 6.45) is 0. The maximum Gasteiger partial charge on any atom is 0.361 e. The van der Waals surface area contributed by atoms with Gasteiger partial charge in [-0.2, -0.15) is 10.3 Å². The minimum atomic E-state index is -0.609. The zero-order valence-electron chi connectivity index (χ0n) is 10.4. The second kappa shape index (κ2) is 5.47. The largest absolute Gasteiger partial charge is 0.494 e. The van der Waals surface area contributed by atoms with Gasteiger partial charge in [-0.05, 0) is 25.1 Å². The van der Waals surface area contributed by atoms with Crippen LogP contribution in [0.4, 0.5) is 4.39 Å². The highest BCUT2D eigenvalue weighted by molar-refractivity contribution is 5.93. The number of nitrogens with one attached hydrogen (secondary N) is 1. The molecule has 1 aromatic heterocycles. The Morgan fingerprint density at radius 3 is 2.84 bits per heavy atom. The van der Waals surface area contributed by atoms with Crippen LogP contribution in [0, 0.1) is 5.82 Å². The van der Waals surface area contributed by atoms with Crippen molar-refractivity contribution < 1.29 is 18.7 Å². The van der Waals surface area contributed by atoms with E-state index in [4.69, 9.17) is 9.47 Å². The molecule has 1 aromatic carbocycles. The molecular weight excluding hydrogens is 253 g/mol. The quantitative estimate of drug-likeness (QED) is 0.853. The predicted molar refractivity (Wildman–Crippen MR) is 64.3 cm³/mol. The highest BCUT2D eigenvalue weighted by Crippen LogP contribution is 2.25. The summed E-state index contributed by atoms with van der Waals surface area (Å²) in [4.78, 5) is 11.6. The average Bonchev–Trinajstić information content (AvgIpc) is 2.88. The molecular formula is C12H12FN3O3. The third-order valence-electron chi connectivity index (χ3n) is 2.44. The Morgan fingerprint density at radius 2 is 2.21 bits per heavy atom. The summed E-state index contributed by atoms with van der Waals surface area (Å²) in [5.74, 6) is -1.04. The molecule has 100 valence electrons. The van der Waals surface area contributed by atoms with Gasteiger partial charge < -0.3 is 9.47 Å². The van der Waals surface area contributed by atoms with Crippen molar-refractivity contribution in [2.75, 3.05) is 13.7 Å². The lowest BCUT2D eigenvalue weighted by Gasteiger charge is -2.04. The Balaban J connectivity index is 2.40. The molecule has 1 N–H and O–H groups in total. The van der Waals surface area contributed by atoms with Gasteiger partial charge in [0.25, 0.3) is 0 Å². The molecule has 0 bridgehead atoms. The van der Waals surface area contributed by atoms with Crippen molar-refractivity contribution in [2.45, 2.75) is 6.92 Å². The third kappa shape index (κ3) is 2.54. The van der Waals surface area contributed by atoms with Gasteiger partial charge >= 0.3 is 5.97 Å². The van der Waals surface area contributed by atoms with Crippen molar-refractivity contribution in [1.82, 2.24) is 15.4 Å². The van der Waals surface area contributed by atoms with Crippen molar-refractivity contribution >= 4 is 5.97 Å². The summed E-state index contributed by atoms with van der Waals surface area (Å²) in [6.45, 7) is 1.91. The van der Waals surface area contributed by atoms with Gasteiger partial charge in [0.15, 0.2) is 17.3 Å². The molecule has 0 aliphatic heterocycles. The number of rotatable bonds is 4. The Bertz CT molecular complexity index is 598. The monoisotopic (exact) mass is 265 g/mol. The van der Waals surface area contributed by atoms with Crippen molar-refractivity contribution in [3.63, 3.8) is 0 Å². The number of halogens is 1. The molecule has 0 spiro atoms. The number of aromatic amines is 1. The SMILES string of the molecule is CCOC(=O)c1n[nH]nc1-c1ccc(OC)c(F)c1. The van der Waals surface area contributed by atoms with E-state index in [2.05, 4.69) is 15.4 Å². The summed E-state index contributed by atoms with van der Waals surface area (Å²) < 4.78 is 23.3. The number of nitrogens with zero attached hydrogens (tertiary/aromatic N) is 2. The first kappa shape index (κ1) is 13.0. The first-order chi connectivity index (χ1) is 9.17. The second-order valence-corrected chi connectivity index (χ2v) is 3.59. The zero-order valence-corrected chi connectivity index (χ0v) is 10.4. The van der Waals surface area contributed by atoms with Crippen molar-refractivity contribution in [2.24, 2.45) is 0 Å².